The quantitative estimate of drug-likeness (QED) is 0.790. The molecule has 0 aliphatic carbocycles. The van der Waals surface area contributed by atoms with Crippen LogP contribution in [0.2, 0.25) is 0 Å². The molecule has 0 saturated carbocycles. The van der Waals surface area contributed by atoms with Crippen molar-refractivity contribution in [1.29, 1.82) is 0 Å². The lowest BCUT2D eigenvalue weighted by atomic mass is 9.88. The Bertz CT molecular complexity index is 608. The van der Waals surface area contributed by atoms with Crippen LogP contribution in [0, 0.1) is 0 Å². The summed E-state index contributed by atoms with van der Waals surface area (Å²) in [6.45, 7) is 12.5. The highest BCUT2D eigenvalue weighted by Gasteiger charge is 2.27. The number of rotatable bonds is 4. The largest absolute Gasteiger partial charge is 0.315 e. The lowest BCUT2D eigenvalue weighted by molar-refractivity contribution is 0.482. The Balaban J connectivity index is 2.69. The van der Waals surface area contributed by atoms with E-state index in [2.05, 4.69) is 48.8 Å². The van der Waals surface area contributed by atoms with Crippen molar-refractivity contribution in [2.75, 3.05) is 0 Å². The summed E-state index contributed by atoms with van der Waals surface area (Å²) in [4.78, 5) is 13.6. The van der Waals surface area contributed by atoms with E-state index >= 15 is 0 Å². The first-order chi connectivity index (χ1) is 8.88. The highest BCUT2D eigenvalue weighted by Crippen LogP contribution is 2.30. The highest BCUT2D eigenvalue weighted by atomic mass is 15.1. The lowest BCUT2D eigenvalue weighted by Gasteiger charge is -2.21. The van der Waals surface area contributed by atoms with Crippen LogP contribution in [0.1, 0.15) is 51.6 Å². The Kier molecular flexibility index (Phi) is 3.43. The van der Waals surface area contributed by atoms with Crippen LogP contribution in [0.5, 0.6) is 0 Å². The van der Waals surface area contributed by atoms with Gasteiger partial charge in [-0.1, -0.05) is 33.8 Å². The van der Waals surface area contributed by atoms with Crippen LogP contribution in [0.4, 0.5) is 0 Å². The Morgan fingerprint density at radius 1 is 1.37 bits per heavy atom. The molecule has 2 aromatic rings. The molecule has 4 nitrogen and oxygen atoms in total. The summed E-state index contributed by atoms with van der Waals surface area (Å²) in [7, 11) is 2.02. The first-order valence-electron chi connectivity index (χ1n) is 6.67. The topological polar surface area (TPSA) is 43.6 Å². The second-order valence-electron chi connectivity index (χ2n) is 5.96. The van der Waals surface area contributed by atoms with Crippen molar-refractivity contribution >= 4 is 11.2 Å². The fraction of sp³-hybridized carbons (Fsp3) is 0.533. The predicted octanol–water partition coefficient (Wildman–Crippen LogP) is 3.34. The summed E-state index contributed by atoms with van der Waals surface area (Å²) >= 11 is 0. The van der Waals surface area contributed by atoms with Crippen molar-refractivity contribution < 1.29 is 0 Å². The maximum Gasteiger partial charge on any atom is 0.163 e. The summed E-state index contributed by atoms with van der Waals surface area (Å²) in [6, 6.07) is 0. The molecule has 102 valence electrons. The van der Waals surface area contributed by atoms with Gasteiger partial charge in [-0.05, 0) is 12.3 Å². The van der Waals surface area contributed by atoms with Crippen LogP contribution < -0.4 is 0 Å². The normalized spacial score (nSPS) is 12.3. The van der Waals surface area contributed by atoms with Crippen molar-refractivity contribution in [3.63, 3.8) is 0 Å². The zero-order valence-electron chi connectivity index (χ0n) is 12.4. The van der Waals surface area contributed by atoms with E-state index < -0.39 is 0 Å². The SMILES string of the molecule is C=CCC(C)(C)c1nc2c(C(C)C)ncnc2n1C. The fourth-order valence-corrected chi connectivity index (χ4v) is 2.50. The van der Waals surface area contributed by atoms with Crippen molar-refractivity contribution in [1.82, 2.24) is 19.5 Å². The van der Waals surface area contributed by atoms with Crippen molar-refractivity contribution in [2.24, 2.45) is 7.05 Å². The summed E-state index contributed by atoms with van der Waals surface area (Å²) < 4.78 is 2.08. The van der Waals surface area contributed by atoms with Gasteiger partial charge in [0.25, 0.3) is 0 Å². The summed E-state index contributed by atoms with van der Waals surface area (Å²) in [5, 5.41) is 0. The van der Waals surface area contributed by atoms with E-state index in [4.69, 9.17) is 4.98 Å². The Morgan fingerprint density at radius 3 is 2.63 bits per heavy atom. The Morgan fingerprint density at radius 2 is 2.05 bits per heavy atom. The maximum atomic E-state index is 4.81. The highest BCUT2D eigenvalue weighted by molar-refractivity contribution is 5.74. The number of aryl methyl sites for hydroxylation is 1. The molecule has 2 aromatic heterocycles. The van der Waals surface area contributed by atoms with Gasteiger partial charge in [0.2, 0.25) is 0 Å². The molecule has 19 heavy (non-hydrogen) atoms. The molecule has 2 heterocycles. The second-order valence-corrected chi connectivity index (χ2v) is 5.96. The van der Waals surface area contributed by atoms with E-state index in [1.54, 1.807) is 6.33 Å². The number of hydrogen-bond acceptors (Lipinski definition) is 3. The van der Waals surface area contributed by atoms with Crippen LogP contribution in [-0.4, -0.2) is 19.5 Å². The molecule has 0 radical (unpaired) electrons. The number of aromatic nitrogens is 4. The molecular weight excluding hydrogens is 236 g/mol. The standard InChI is InChI=1S/C15H22N4/c1-7-8-15(4,5)14-18-12-11(10(2)3)16-9-17-13(12)19(14)6/h7,9-10H,1,8H2,2-6H3. The monoisotopic (exact) mass is 258 g/mol. The number of hydrogen-bond donors (Lipinski definition) is 0. The van der Waals surface area contributed by atoms with Gasteiger partial charge in [-0.2, -0.15) is 0 Å². The summed E-state index contributed by atoms with van der Waals surface area (Å²) in [5.41, 5.74) is 2.80. The number of nitrogens with zero attached hydrogens (tertiary/aromatic N) is 4. The minimum Gasteiger partial charge on any atom is -0.315 e. The molecule has 0 atom stereocenters. The molecule has 0 unspecified atom stereocenters. The van der Waals surface area contributed by atoms with Crippen LogP contribution >= 0.6 is 0 Å². The first kappa shape index (κ1) is 13.7. The molecular formula is C15H22N4. The molecule has 2 rings (SSSR count). The molecule has 0 N–H and O–H groups in total. The Labute approximate surface area is 114 Å². The molecule has 0 aromatic carbocycles. The Hall–Kier alpha value is -1.71. The number of fused-ring (bicyclic) bond motifs is 1. The third-order valence-corrected chi connectivity index (χ3v) is 3.49. The third-order valence-electron chi connectivity index (χ3n) is 3.49. The van der Waals surface area contributed by atoms with Gasteiger partial charge >= 0.3 is 0 Å². The molecule has 0 amide bonds. The fourth-order valence-electron chi connectivity index (χ4n) is 2.50. The first-order valence-corrected chi connectivity index (χ1v) is 6.67. The third kappa shape index (κ3) is 2.27. The van der Waals surface area contributed by atoms with E-state index in [0.717, 1.165) is 29.1 Å². The average molecular weight is 258 g/mol. The van der Waals surface area contributed by atoms with Gasteiger partial charge < -0.3 is 4.57 Å². The van der Waals surface area contributed by atoms with Crippen LogP contribution in [0.15, 0.2) is 19.0 Å². The van der Waals surface area contributed by atoms with Gasteiger partial charge in [0.05, 0.1) is 5.69 Å². The van der Waals surface area contributed by atoms with E-state index in [1.165, 1.54) is 0 Å². The minimum atomic E-state index is -0.0501. The van der Waals surface area contributed by atoms with Crippen molar-refractivity contribution in [3.8, 4) is 0 Å². The molecule has 0 aliphatic rings. The molecule has 0 aliphatic heterocycles. The van der Waals surface area contributed by atoms with E-state index in [1.807, 2.05) is 13.1 Å². The molecule has 0 saturated heterocycles. The predicted molar refractivity (Wildman–Crippen MR) is 78.2 cm³/mol. The van der Waals surface area contributed by atoms with E-state index in [-0.39, 0.29) is 5.41 Å². The maximum absolute atomic E-state index is 4.81. The summed E-state index contributed by atoms with van der Waals surface area (Å²) in [5.74, 6) is 1.38. The lowest BCUT2D eigenvalue weighted by Crippen LogP contribution is -2.21. The molecule has 0 bridgehead atoms. The second kappa shape index (κ2) is 4.76. The van der Waals surface area contributed by atoms with Gasteiger partial charge in [0.15, 0.2) is 5.65 Å². The van der Waals surface area contributed by atoms with Gasteiger partial charge in [0, 0.05) is 12.5 Å². The number of imidazole rings is 1. The van der Waals surface area contributed by atoms with Crippen molar-refractivity contribution in [3.05, 3.63) is 30.5 Å². The zero-order valence-corrected chi connectivity index (χ0v) is 12.4. The van der Waals surface area contributed by atoms with Gasteiger partial charge in [-0.25, -0.2) is 15.0 Å². The van der Waals surface area contributed by atoms with E-state index in [9.17, 15) is 0 Å². The van der Waals surface area contributed by atoms with Gasteiger partial charge in [-0.3, -0.25) is 0 Å². The average Bonchev–Trinajstić information content (AvgIpc) is 2.67. The summed E-state index contributed by atoms with van der Waals surface area (Å²) in [6.07, 6.45) is 4.45. The molecule has 4 heteroatoms. The van der Waals surface area contributed by atoms with Crippen LogP contribution in [0.25, 0.3) is 11.2 Å². The van der Waals surface area contributed by atoms with Crippen molar-refractivity contribution in [2.45, 2.75) is 45.4 Å². The van der Waals surface area contributed by atoms with Crippen LogP contribution in [0.3, 0.4) is 0 Å². The number of allylic oxidation sites excluding steroid dienone is 1. The molecule has 0 fully saturated rings. The smallest absolute Gasteiger partial charge is 0.163 e. The zero-order chi connectivity index (χ0) is 14.2. The minimum absolute atomic E-state index is 0.0501. The van der Waals surface area contributed by atoms with Gasteiger partial charge in [-0.15, -0.1) is 6.58 Å². The van der Waals surface area contributed by atoms with Crippen LogP contribution in [-0.2, 0) is 12.5 Å². The van der Waals surface area contributed by atoms with E-state index in [0.29, 0.717) is 5.92 Å². The molecule has 0 spiro atoms. The van der Waals surface area contributed by atoms with Gasteiger partial charge in [0.1, 0.15) is 17.7 Å².